The van der Waals surface area contributed by atoms with Crippen LogP contribution >= 0.6 is 112 Å². The number of nitro benzene ring substituents is 2. The average Bonchev–Trinajstić information content (AvgIpc) is 3.49. The minimum atomic E-state index is -0.910. The van der Waals surface area contributed by atoms with Crippen molar-refractivity contribution in [2.75, 3.05) is 70.6 Å². The summed E-state index contributed by atoms with van der Waals surface area (Å²) < 4.78 is 33.5. The molecule has 0 fully saturated rings. The van der Waals surface area contributed by atoms with E-state index in [-0.39, 0.29) is 40.4 Å². The Morgan fingerprint density at radius 2 is 0.915 bits per heavy atom. The molecule has 4 N–H and O–H groups in total. The monoisotopic (exact) mass is 1530 g/mol. The topological polar surface area (TPSA) is 257 Å². The maximum absolute atomic E-state index is 11.3. The van der Waals surface area contributed by atoms with Crippen LogP contribution in [0.1, 0.15) is 11.1 Å². The Morgan fingerprint density at radius 3 is 1.34 bits per heavy atom. The number of halogens is 4. The van der Waals surface area contributed by atoms with Gasteiger partial charge >= 0.3 is 17.9 Å². The Kier molecular flexibility index (Phi) is 33.0. The number of esters is 2. The van der Waals surface area contributed by atoms with Gasteiger partial charge in [0.15, 0.2) is 0 Å². The second-order valence-corrected chi connectivity index (χ2v) is 22.9. The van der Waals surface area contributed by atoms with E-state index in [0.717, 1.165) is 79.5 Å². The predicted octanol–water partition coefficient (Wildman–Crippen LogP) is 14.7. The van der Waals surface area contributed by atoms with Crippen molar-refractivity contribution in [1.82, 2.24) is 0 Å². The molecule has 0 radical (unpaired) electrons. The first-order chi connectivity index (χ1) is 39.2. The molecule has 0 aliphatic heterocycles. The Morgan fingerprint density at radius 1 is 0.512 bits per heavy atom. The second-order valence-electron chi connectivity index (χ2n) is 15.7. The van der Waals surface area contributed by atoms with E-state index in [2.05, 4.69) is 86.7 Å². The number of thioether (sulfide) groups is 3. The van der Waals surface area contributed by atoms with E-state index in [4.69, 9.17) is 24.1 Å². The minimum Gasteiger partial charge on any atom is -0.507 e. The van der Waals surface area contributed by atoms with E-state index in [1.165, 1.54) is 76.1 Å². The van der Waals surface area contributed by atoms with E-state index in [1.807, 2.05) is 101 Å². The molecule has 0 atom stereocenters. The lowest BCUT2D eigenvalue weighted by Gasteiger charge is -2.12. The fourth-order valence-corrected chi connectivity index (χ4v) is 10.4. The van der Waals surface area contributed by atoms with Gasteiger partial charge in [-0.05, 0) is 141 Å². The van der Waals surface area contributed by atoms with Gasteiger partial charge in [0.1, 0.15) is 28.7 Å². The number of carbonyl (C=O) groups excluding carboxylic acids is 2. The summed E-state index contributed by atoms with van der Waals surface area (Å²) in [6.07, 6.45) is 0. The van der Waals surface area contributed by atoms with Crippen LogP contribution in [-0.4, -0.2) is 97.9 Å². The van der Waals surface area contributed by atoms with Gasteiger partial charge in [-0.1, -0.05) is 68.3 Å². The summed E-state index contributed by atoms with van der Waals surface area (Å²) in [5.41, 5.74) is 4.17. The lowest BCUT2D eigenvalue weighted by Crippen LogP contribution is -2.04. The highest BCUT2D eigenvalue weighted by Gasteiger charge is 2.14. The van der Waals surface area contributed by atoms with Crippen LogP contribution in [0, 0.1) is 27.4 Å². The Balaban J connectivity index is 0.000000278. The predicted molar refractivity (Wildman–Crippen MR) is 346 cm³/mol. The van der Waals surface area contributed by atoms with Crippen molar-refractivity contribution in [3.8, 4) is 28.7 Å². The number of benzene rings is 7. The molecular formula is C56H56Br2I2N4O15S3. The largest absolute Gasteiger partial charge is 0.507 e. The van der Waals surface area contributed by atoms with Crippen molar-refractivity contribution in [3.05, 3.63) is 193 Å². The van der Waals surface area contributed by atoms with Gasteiger partial charge in [0.25, 0.3) is 11.4 Å². The molecule has 0 amide bonds. The summed E-state index contributed by atoms with van der Waals surface area (Å²) in [5, 5.41) is 46.0. The van der Waals surface area contributed by atoms with Crippen LogP contribution in [0.4, 0.5) is 22.7 Å². The summed E-state index contributed by atoms with van der Waals surface area (Å²) in [4.78, 5) is 54.9. The molecule has 7 aromatic rings. The molecule has 0 aliphatic carbocycles. The van der Waals surface area contributed by atoms with Gasteiger partial charge in [0.05, 0.1) is 91.6 Å². The molecule has 82 heavy (non-hydrogen) atoms. The minimum absolute atomic E-state index is 0.0434. The third kappa shape index (κ3) is 26.4. The number of aromatic hydroxyl groups is 1. The molecule has 0 saturated carbocycles. The fraction of sp³-hybridized carbons (Fsp3) is 0.196. The van der Waals surface area contributed by atoms with Gasteiger partial charge in [-0.2, -0.15) is 0 Å². The first-order valence-electron chi connectivity index (χ1n) is 23.5. The molecule has 436 valence electrons. The number of ether oxygens (including phenoxy) is 6. The zero-order valence-corrected chi connectivity index (χ0v) is 54.7. The third-order valence-electron chi connectivity index (χ3n) is 10.2. The number of methoxy groups -OCH3 is 6. The van der Waals surface area contributed by atoms with Crippen LogP contribution in [0.2, 0.25) is 0 Å². The molecule has 26 heteroatoms. The van der Waals surface area contributed by atoms with E-state index in [9.17, 15) is 39.7 Å². The second kappa shape index (κ2) is 38.6. The highest BCUT2D eigenvalue weighted by Crippen LogP contribution is 2.35. The number of hydrogen-bond donors (Lipinski definition) is 4. The van der Waals surface area contributed by atoms with Crippen molar-refractivity contribution in [2.24, 2.45) is 0 Å². The zero-order valence-electron chi connectivity index (χ0n) is 44.7. The molecule has 0 heterocycles. The Hall–Kier alpha value is -6.18. The number of aliphatic carboxylic acids is 1. The highest BCUT2D eigenvalue weighted by molar-refractivity contribution is 14.1. The lowest BCUT2D eigenvalue weighted by molar-refractivity contribution is -0.385. The van der Waals surface area contributed by atoms with E-state index < -0.39 is 21.8 Å². The standard InChI is InChI=1S/C17H18BrNO3S.C15H14BrNO3S.C10H11NO5S.C7H6INO3.C7H7IO/c1-21-15-8-7-14(9-16(15)23-11-17(20)22-2)19-10-12-3-5-13(18)6-4-12;16-11-3-1-10(2-4-11)8-17-12-5-6-13(18)14(7-12)21-9-15(19)20;1-15-8-4-3-7(11(13)14)5-9(8)17-6-10(12)16-2;1-12-7-3-2-5(9(10)11)4-6(7)8;1-9-7-5-3-2-4-6(7)8/h3-9,19H,10-11H2,1-2H3;1-7,17-18H,8-9H2,(H,19,20);3-5H,6H2,1-2H3;2-4H,1H3;2-5H,1H3. The summed E-state index contributed by atoms with van der Waals surface area (Å²) in [5.74, 6) is 1.61. The number of rotatable bonds is 21. The highest BCUT2D eigenvalue weighted by atomic mass is 127. The average molecular weight is 1530 g/mol. The molecule has 7 aromatic carbocycles. The van der Waals surface area contributed by atoms with Gasteiger partial charge in [-0.25, -0.2) is 0 Å². The number of carboxylic acid groups (broad SMARTS) is 1. The first-order valence-corrected chi connectivity index (χ1v) is 30.2. The molecule has 19 nitrogen and oxygen atoms in total. The van der Waals surface area contributed by atoms with Gasteiger partial charge in [-0.3, -0.25) is 34.6 Å². The van der Waals surface area contributed by atoms with Crippen molar-refractivity contribution in [3.63, 3.8) is 0 Å². The van der Waals surface area contributed by atoms with Crippen LogP contribution in [0.15, 0.2) is 169 Å². The summed E-state index contributed by atoms with van der Waals surface area (Å²) in [6, 6.07) is 43.6. The maximum Gasteiger partial charge on any atom is 0.315 e. The zero-order chi connectivity index (χ0) is 60.6. The first kappa shape index (κ1) is 70.1. The molecule has 0 bridgehead atoms. The van der Waals surface area contributed by atoms with Crippen LogP contribution in [0.3, 0.4) is 0 Å². The smallest absolute Gasteiger partial charge is 0.315 e. The number of phenolic OH excluding ortho intramolecular Hbond substituents is 1. The number of anilines is 2. The fourth-order valence-electron chi connectivity index (χ4n) is 6.05. The number of hydrogen-bond acceptors (Lipinski definition) is 19. The number of non-ortho nitro benzene ring substituents is 2. The van der Waals surface area contributed by atoms with Crippen LogP contribution in [-0.2, 0) is 36.9 Å². The van der Waals surface area contributed by atoms with Crippen LogP contribution in [0.25, 0.3) is 0 Å². The van der Waals surface area contributed by atoms with Gasteiger partial charge in [-0.15, -0.1) is 35.3 Å². The normalized spacial score (nSPS) is 9.93. The molecule has 0 unspecified atom stereocenters. The van der Waals surface area contributed by atoms with Crippen LogP contribution in [0.5, 0.6) is 28.7 Å². The number of nitrogens with zero attached hydrogens (tertiary/aromatic N) is 2. The van der Waals surface area contributed by atoms with Crippen molar-refractivity contribution >= 4 is 153 Å². The number of carbonyl (C=O) groups is 3. The molecule has 0 aliphatic rings. The third-order valence-corrected chi connectivity index (χ3v) is 16.0. The van der Waals surface area contributed by atoms with Gasteiger partial charge in [0, 0.05) is 57.7 Å². The van der Waals surface area contributed by atoms with Gasteiger partial charge in [0.2, 0.25) is 0 Å². The quantitative estimate of drug-likeness (QED) is 0.0130. The molecular weight excluding hydrogens is 1480 g/mol. The Bertz CT molecular complexity index is 3190. The molecule has 7 rings (SSSR count). The van der Waals surface area contributed by atoms with E-state index in [0.29, 0.717) is 27.8 Å². The van der Waals surface area contributed by atoms with Gasteiger partial charge < -0.3 is 49.3 Å². The van der Waals surface area contributed by atoms with Crippen molar-refractivity contribution < 1.29 is 62.9 Å². The van der Waals surface area contributed by atoms with Crippen molar-refractivity contribution in [1.29, 1.82) is 0 Å². The summed E-state index contributed by atoms with van der Waals surface area (Å²) >= 11 is 14.7. The SMILES string of the molecule is COC(=O)CSc1cc(NCc2ccc(Br)cc2)ccc1OC.COC(=O)CSc1cc([N+](=O)[O-])ccc1OC.COc1ccc([N+](=O)[O-])cc1I.COc1ccccc1I.O=C(O)CSc1cc(NCc2ccc(Br)cc2)ccc1O. The number of para-hydroxylation sites is 1. The maximum atomic E-state index is 11.3. The molecule has 0 spiro atoms. The van der Waals surface area contributed by atoms with Crippen LogP contribution < -0.4 is 29.6 Å². The number of nitrogens with one attached hydrogen (secondary N) is 2. The summed E-state index contributed by atoms with van der Waals surface area (Å²) in [6.45, 7) is 1.38. The lowest BCUT2D eigenvalue weighted by atomic mass is 10.2. The molecule has 0 aromatic heterocycles. The van der Waals surface area contributed by atoms with E-state index >= 15 is 0 Å². The Labute approximate surface area is 531 Å². The van der Waals surface area contributed by atoms with E-state index in [1.54, 1.807) is 38.5 Å². The van der Waals surface area contributed by atoms with Crippen molar-refractivity contribution in [2.45, 2.75) is 27.8 Å². The number of phenols is 1. The number of nitro groups is 2. The number of carboxylic acids is 1. The molecule has 0 saturated heterocycles. The summed E-state index contributed by atoms with van der Waals surface area (Å²) in [7, 11) is 8.96.